The summed E-state index contributed by atoms with van der Waals surface area (Å²) in [5.41, 5.74) is 0.630. The fraction of sp³-hybridized carbons (Fsp3) is 0.625. The second-order valence-corrected chi connectivity index (χ2v) is 6.47. The molecule has 0 N–H and O–H groups in total. The zero-order chi connectivity index (χ0) is 15.8. The number of allylic oxidation sites excluding steroid dienone is 2. The maximum absolute atomic E-state index is 12.3. The Bertz CT molecular complexity index is 452. The first-order valence-corrected chi connectivity index (χ1v) is 8.88. The molecule has 1 atom stereocenters. The van der Waals surface area contributed by atoms with Gasteiger partial charge in [0.15, 0.2) is 0 Å². The molecule has 118 valence electrons. The summed E-state index contributed by atoms with van der Waals surface area (Å²) in [4.78, 5) is 14.4. The molecule has 0 saturated carbocycles. The van der Waals surface area contributed by atoms with Crippen molar-refractivity contribution in [3.63, 3.8) is 0 Å². The van der Waals surface area contributed by atoms with Crippen LogP contribution in [0.2, 0.25) is 0 Å². The summed E-state index contributed by atoms with van der Waals surface area (Å²) in [6, 6.07) is 0. The van der Waals surface area contributed by atoms with Gasteiger partial charge in [-0.3, -0.25) is 0 Å². The first-order valence-electron chi connectivity index (χ1n) is 7.49. The summed E-state index contributed by atoms with van der Waals surface area (Å²) in [6.45, 7) is 8.77. The Morgan fingerprint density at radius 2 is 2.00 bits per heavy atom. The van der Waals surface area contributed by atoms with E-state index in [9.17, 15) is 4.79 Å². The first-order chi connectivity index (χ1) is 10.1. The molecule has 0 aromatic carbocycles. The fourth-order valence-electron chi connectivity index (χ4n) is 2.23. The van der Waals surface area contributed by atoms with Crippen LogP contribution < -0.4 is 0 Å². The highest BCUT2D eigenvalue weighted by atomic mass is 32.2. The molecule has 1 aliphatic rings. The summed E-state index contributed by atoms with van der Waals surface area (Å²) in [5.74, 6) is 1.31. The van der Waals surface area contributed by atoms with Crippen molar-refractivity contribution in [2.75, 3.05) is 19.0 Å². The molecule has 0 fully saturated rings. The summed E-state index contributed by atoms with van der Waals surface area (Å²) >= 11 is 7.12. The SMILES string of the molecule is CCOC(=O)C1=C(OCC)C=C(SCC)C1CC(=S)CC. The zero-order valence-electron chi connectivity index (χ0n) is 13.2. The molecule has 0 aromatic rings. The minimum Gasteiger partial charge on any atom is -0.493 e. The van der Waals surface area contributed by atoms with E-state index in [0.29, 0.717) is 31.0 Å². The largest absolute Gasteiger partial charge is 0.493 e. The van der Waals surface area contributed by atoms with Gasteiger partial charge in [-0.25, -0.2) is 4.79 Å². The highest BCUT2D eigenvalue weighted by molar-refractivity contribution is 8.03. The number of rotatable bonds is 9. The maximum atomic E-state index is 12.3. The second kappa shape index (κ2) is 9.26. The molecule has 1 aliphatic carbocycles. The van der Waals surface area contributed by atoms with E-state index >= 15 is 0 Å². The third-order valence-electron chi connectivity index (χ3n) is 3.16. The van der Waals surface area contributed by atoms with Crippen molar-refractivity contribution in [1.82, 2.24) is 0 Å². The number of hydrogen-bond acceptors (Lipinski definition) is 5. The highest BCUT2D eigenvalue weighted by Crippen LogP contribution is 2.41. The van der Waals surface area contributed by atoms with Gasteiger partial charge in [0.2, 0.25) is 0 Å². The van der Waals surface area contributed by atoms with E-state index in [1.807, 2.05) is 26.8 Å². The molecule has 1 unspecified atom stereocenters. The minimum absolute atomic E-state index is 0.0111. The van der Waals surface area contributed by atoms with Gasteiger partial charge in [0, 0.05) is 5.92 Å². The number of thioether (sulfide) groups is 1. The van der Waals surface area contributed by atoms with E-state index in [0.717, 1.165) is 21.9 Å². The Balaban J connectivity index is 3.10. The van der Waals surface area contributed by atoms with Gasteiger partial charge in [-0.1, -0.05) is 26.1 Å². The molecular weight excluding hydrogens is 304 g/mol. The Labute approximate surface area is 137 Å². The number of hydrogen-bond donors (Lipinski definition) is 0. The van der Waals surface area contributed by atoms with Crippen LogP contribution in [0.4, 0.5) is 0 Å². The van der Waals surface area contributed by atoms with Crippen LogP contribution in [-0.4, -0.2) is 29.8 Å². The molecule has 0 aliphatic heterocycles. The number of thiocarbonyl (C=S) groups is 1. The molecule has 1 rings (SSSR count). The van der Waals surface area contributed by atoms with Crippen molar-refractivity contribution < 1.29 is 14.3 Å². The standard InChI is InChI=1S/C16H24O3S2/c1-5-11(20)9-12-14(21-8-4)10-13(18-6-2)15(12)16(17)19-7-3/h10,12H,5-9H2,1-4H3. The van der Waals surface area contributed by atoms with Gasteiger partial charge in [-0.05, 0) is 48.3 Å². The summed E-state index contributed by atoms with van der Waals surface area (Å²) in [7, 11) is 0. The third kappa shape index (κ3) is 4.85. The van der Waals surface area contributed by atoms with Crippen molar-refractivity contribution in [1.29, 1.82) is 0 Å². The van der Waals surface area contributed by atoms with Gasteiger partial charge >= 0.3 is 5.97 Å². The molecule has 3 nitrogen and oxygen atoms in total. The van der Waals surface area contributed by atoms with Crippen molar-refractivity contribution in [3.8, 4) is 0 Å². The Hall–Kier alpha value is -0.810. The zero-order valence-corrected chi connectivity index (χ0v) is 14.9. The Morgan fingerprint density at radius 1 is 1.29 bits per heavy atom. The average Bonchev–Trinajstić information content (AvgIpc) is 2.77. The van der Waals surface area contributed by atoms with Crippen LogP contribution >= 0.6 is 24.0 Å². The lowest BCUT2D eigenvalue weighted by Crippen LogP contribution is -2.18. The van der Waals surface area contributed by atoms with Crippen LogP contribution in [-0.2, 0) is 14.3 Å². The van der Waals surface area contributed by atoms with Crippen molar-refractivity contribution >= 4 is 34.8 Å². The van der Waals surface area contributed by atoms with Crippen LogP contribution in [0.5, 0.6) is 0 Å². The molecule has 0 saturated heterocycles. The molecule has 0 heterocycles. The van der Waals surface area contributed by atoms with Crippen molar-refractivity contribution in [2.24, 2.45) is 5.92 Å². The molecule has 0 bridgehead atoms. The van der Waals surface area contributed by atoms with Gasteiger partial charge in [0.1, 0.15) is 5.76 Å². The quantitative estimate of drug-likeness (QED) is 0.466. The van der Waals surface area contributed by atoms with E-state index in [1.54, 1.807) is 11.8 Å². The smallest absolute Gasteiger partial charge is 0.338 e. The monoisotopic (exact) mass is 328 g/mol. The van der Waals surface area contributed by atoms with Gasteiger partial charge in [0.05, 0.1) is 18.8 Å². The topological polar surface area (TPSA) is 35.5 Å². The van der Waals surface area contributed by atoms with Gasteiger partial charge in [0.25, 0.3) is 0 Å². The van der Waals surface area contributed by atoms with Crippen molar-refractivity contribution in [3.05, 3.63) is 22.3 Å². The Kier molecular flexibility index (Phi) is 8.04. The molecule has 0 spiro atoms. The van der Waals surface area contributed by atoms with E-state index in [-0.39, 0.29) is 11.9 Å². The molecule has 0 radical (unpaired) electrons. The second-order valence-electron chi connectivity index (χ2n) is 4.56. The fourth-order valence-corrected chi connectivity index (χ4v) is 3.32. The molecule has 21 heavy (non-hydrogen) atoms. The van der Waals surface area contributed by atoms with Crippen LogP contribution in [0.15, 0.2) is 22.3 Å². The molecule has 0 aromatic heterocycles. The van der Waals surface area contributed by atoms with Gasteiger partial charge < -0.3 is 9.47 Å². The lowest BCUT2D eigenvalue weighted by molar-refractivity contribution is -0.139. The van der Waals surface area contributed by atoms with Crippen molar-refractivity contribution in [2.45, 2.75) is 40.5 Å². The van der Waals surface area contributed by atoms with E-state index in [1.165, 1.54) is 0 Å². The number of esters is 1. The van der Waals surface area contributed by atoms with Crippen LogP contribution in [0, 0.1) is 5.92 Å². The minimum atomic E-state index is -0.284. The molecule has 5 heteroatoms. The lowest BCUT2D eigenvalue weighted by atomic mass is 9.96. The van der Waals surface area contributed by atoms with Crippen LogP contribution in [0.1, 0.15) is 40.5 Å². The van der Waals surface area contributed by atoms with E-state index < -0.39 is 0 Å². The van der Waals surface area contributed by atoms with Crippen LogP contribution in [0.25, 0.3) is 0 Å². The maximum Gasteiger partial charge on any atom is 0.338 e. The number of ether oxygens (including phenoxy) is 2. The van der Waals surface area contributed by atoms with E-state index in [2.05, 4.69) is 6.92 Å². The summed E-state index contributed by atoms with van der Waals surface area (Å²) in [6.07, 6.45) is 3.53. The number of carbonyl (C=O) groups is 1. The molecule has 0 amide bonds. The Morgan fingerprint density at radius 3 is 2.52 bits per heavy atom. The summed E-state index contributed by atoms with van der Waals surface area (Å²) in [5, 5.41) is 0. The predicted molar refractivity (Wildman–Crippen MR) is 92.5 cm³/mol. The van der Waals surface area contributed by atoms with Crippen LogP contribution in [0.3, 0.4) is 0 Å². The van der Waals surface area contributed by atoms with E-state index in [4.69, 9.17) is 21.7 Å². The number of carbonyl (C=O) groups excluding carboxylic acids is 1. The first kappa shape index (κ1) is 18.2. The molecular formula is C16H24O3S2. The average molecular weight is 328 g/mol. The van der Waals surface area contributed by atoms with Gasteiger partial charge in [-0.2, -0.15) is 0 Å². The third-order valence-corrected chi connectivity index (χ3v) is 4.64. The lowest BCUT2D eigenvalue weighted by Gasteiger charge is -2.18. The predicted octanol–water partition coefficient (Wildman–Crippen LogP) is 4.28. The highest BCUT2D eigenvalue weighted by Gasteiger charge is 2.35. The summed E-state index contributed by atoms with van der Waals surface area (Å²) < 4.78 is 10.9. The normalized spacial score (nSPS) is 17.7. The van der Waals surface area contributed by atoms with Gasteiger partial charge in [-0.15, -0.1) is 11.8 Å².